The molecule has 118 valence electrons. The van der Waals surface area contributed by atoms with E-state index in [1.54, 1.807) is 0 Å². The summed E-state index contributed by atoms with van der Waals surface area (Å²) in [6.45, 7) is 11.7. The molecule has 0 fully saturated rings. The van der Waals surface area contributed by atoms with Crippen LogP contribution in [0.25, 0.3) is 0 Å². The maximum absolute atomic E-state index is 6.22. The van der Waals surface area contributed by atoms with Gasteiger partial charge >= 0.3 is 0 Å². The largest absolute Gasteiger partial charge is 0.471 e. The van der Waals surface area contributed by atoms with Crippen LogP contribution in [0.1, 0.15) is 44.7 Å². The van der Waals surface area contributed by atoms with Crippen molar-refractivity contribution in [2.45, 2.75) is 46.8 Å². The summed E-state index contributed by atoms with van der Waals surface area (Å²) in [5.41, 5.74) is 3.76. The van der Waals surface area contributed by atoms with Crippen LogP contribution >= 0.6 is 0 Å². The highest BCUT2D eigenvalue weighted by Gasteiger charge is 2.14. The molecule has 2 rings (SSSR count). The van der Waals surface area contributed by atoms with Crippen molar-refractivity contribution >= 4 is 5.69 Å². The summed E-state index contributed by atoms with van der Waals surface area (Å²) in [4.78, 5) is 2.26. The molecule has 0 saturated carbocycles. The van der Waals surface area contributed by atoms with Gasteiger partial charge in [-0.2, -0.15) is 0 Å². The van der Waals surface area contributed by atoms with Gasteiger partial charge in [0.15, 0.2) is 6.23 Å². The number of nitrogens with zero attached hydrogens (tertiary/aromatic N) is 1. The van der Waals surface area contributed by atoms with Gasteiger partial charge in [0.2, 0.25) is 0 Å². The van der Waals surface area contributed by atoms with E-state index in [1.807, 2.05) is 6.07 Å². The molecular formula is C20H27NO. The van der Waals surface area contributed by atoms with Gasteiger partial charge in [-0.25, -0.2) is 0 Å². The van der Waals surface area contributed by atoms with E-state index >= 15 is 0 Å². The number of benzene rings is 2. The van der Waals surface area contributed by atoms with Crippen LogP contribution in [0.5, 0.6) is 5.75 Å². The van der Waals surface area contributed by atoms with E-state index in [1.165, 1.54) is 16.8 Å². The highest BCUT2D eigenvalue weighted by atomic mass is 16.5. The minimum absolute atomic E-state index is 0.00536. The molecule has 0 N–H and O–H groups in total. The van der Waals surface area contributed by atoms with Crippen molar-refractivity contribution in [1.29, 1.82) is 0 Å². The number of para-hydroxylation sites is 1. The average molecular weight is 297 g/mol. The Morgan fingerprint density at radius 2 is 1.68 bits per heavy atom. The molecule has 2 aromatic rings. The van der Waals surface area contributed by atoms with Gasteiger partial charge in [-0.15, -0.1) is 0 Å². The van der Waals surface area contributed by atoms with Gasteiger partial charge in [0, 0.05) is 12.2 Å². The van der Waals surface area contributed by atoms with E-state index in [4.69, 9.17) is 4.74 Å². The first-order valence-corrected chi connectivity index (χ1v) is 8.11. The van der Waals surface area contributed by atoms with Crippen LogP contribution in [0.2, 0.25) is 0 Å². The van der Waals surface area contributed by atoms with Crippen molar-refractivity contribution in [2.24, 2.45) is 0 Å². The lowest BCUT2D eigenvalue weighted by Crippen LogP contribution is -2.37. The maximum Gasteiger partial charge on any atom is 0.169 e. The zero-order chi connectivity index (χ0) is 16.1. The van der Waals surface area contributed by atoms with E-state index in [-0.39, 0.29) is 6.23 Å². The first-order valence-electron chi connectivity index (χ1n) is 8.11. The Hall–Kier alpha value is -1.96. The lowest BCUT2D eigenvalue weighted by atomic mass is 10.0. The molecule has 0 aromatic heterocycles. The highest BCUT2D eigenvalue weighted by Crippen LogP contribution is 2.25. The van der Waals surface area contributed by atoms with Crippen molar-refractivity contribution in [3.05, 3.63) is 59.7 Å². The molecule has 1 unspecified atom stereocenters. The Bertz CT molecular complexity index is 592. The fourth-order valence-corrected chi connectivity index (χ4v) is 2.71. The van der Waals surface area contributed by atoms with Crippen LogP contribution in [0, 0.1) is 6.92 Å². The fraction of sp³-hybridized carbons (Fsp3) is 0.400. The first-order chi connectivity index (χ1) is 10.5. The topological polar surface area (TPSA) is 12.5 Å². The second-order valence-electron chi connectivity index (χ2n) is 6.07. The number of aryl methyl sites for hydroxylation is 1. The van der Waals surface area contributed by atoms with Gasteiger partial charge in [-0.05, 0) is 62.1 Å². The fourth-order valence-electron chi connectivity index (χ4n) is 2.71. The van der Waals surface area contributed by atoms with Gasteiger partial charge < -0.3 is 9.64 Å². The zero-order valence-corrected chi connectivity index (χ0v) is 14.3. The van der Waals surface area contributed by atoms with E-state index in [0.29, 0.717) is 5.92 Å². The average Bonchev–Trinajstić information content (AvgIpc) is 2.48. The number of hydrogen-bond donors (Lipinski definition) is 0. The number of hydrogen-bond acceptors (Lipinski definition) is 2. The third kappa shape index (κ3) is 4.03. The summed E-state index contributed by atoms with van der Waals surface area (Å²) in [6, 6.07) is 16.9. The SMILES string of the molecule is CCN(c1ccccc1)C(C)Oc1cc(C)cc(C(C)C)c1. The molecule has 2 heteroatoms. The molecule has 0 bridgehead atoms. The molecule has 0 heterocycles. The molecule has 0 radical (unpaired) electrons. The predicted molar refractivity (Wildman–Crippen MR) is 94.8 cm³/mol. The van der Waals surface area contributed by atoms with Crippen LogP contribution < -0.4 is 9.64 Å². The maximum atomic E-state index is 6.22. The Kier molecular flexibility index (Phi) is 5.48. The van der Waals surface area contributed by atoms with Crippen molar-refractivity contribution in [2.75, 3.05) is 11.4 Å². The number of ether oxygens (including phenoxy) is 1. The second kappa shape index (κ2) is 7.35. The van der Waals surface area contributed by atoms with Gasteiger partial charge in [0.1, 0.15) is 5.75 Å². The van der Waals surface area contributed by atoms with E-state index in [2.05, 4.69) is 82.0 Å². The Labute approximate surface area is 134 Å². The zero-order valence-electron chi connectivity index (χ0n) is 14.3. The van der Waals surface area contributed by atoms with Crippen LogP contribution in [0.15, 0.2) is 48.5 Å². The summed E-state index contributed by atoms with van der Waals surface area (Å²) < 4.78 is 6.22. The monoisotopic (exact) mass is 297 g/mol. The molecule has 0 aliphatic carbocycles. The molecule has 2 nitrogen and oxygen atoms in total. The molecule has 0 spiro atoms. The molecule has 0 aliphatic rings. The predicted octanol–water partition coefficient (Wildman–Crippen LogP) is 5.37. The molecule has 0 amide bonds. The van der Waals surface area contributed by atoms with Crippen LogP contribution in [-0.2, 0) is 0 Å². The minimum atomic E-state index is -0.00536. The summed E-state index contributed by atoms with van der Waals surface area (Å²) in [5.74, 6) is 1.46. The highest BCUT2D eigenvalue weighted by molar-refractivity contribution is 5.46. The van der Waals surface area contributed by atoms with E-state index in [9.17, 15) is 0 Å². The molecule has 0 aliphatic heterocycles. The van der Waals surface area contributed by atoms with Crippen molar-refractivity contribution < 1.29 is 4.74 Å². The lowest BCUT2D eigenvalue weighted by Gasteiger charge is -2.30. The third-order valence-electron chi connectivity index (χ3n) is 3.91. The molecule has 2 aromatic carbocycles. The van der Waals surface area contributed by atoms with E-state index < -0.39 is 0 Å². The van der Waals surface area contributed by atoms with Gasteiger partial charge in [-0.3, -0.25) is 0 Å². The van der Waals surface area contributed by atoms with Crippen LogP contribution in [0.3, 0.4) is 0 Å². The van der Waals surface area contributed by atoms with E-state index in [0.717, 1.165) is 12.3 Å². The summed E-state index contributed by atoms with van der Waals surface area (Å²) in [7, 11) is 0. The molecular weight excluding hydrogens is 270 g/mol. The number of rotatable bonds is 6. The Balaban J connectivity index is 2.18. The second-order valence-corrected chi connectivity index (χ2v) is 6.07. The van der Waals surface area contributed by atoms with Gasteiger partial charge in [-0.1, -0.05) is 38.1 Å². The molecule has 0 saturated heterocycles. The van der Waals surface area contributed by atoms with Crippen molar-refractivity contribution in [3.63, 3.8) is 0 Å². The first kappa shape index (κ1) is 16.4. The van der Waals surface area contributed by atoms with Gasteiger partial charge in [0.05, 0.1) is 0 Å². The quantitative estimate of drug-likeness (QED) is 0.665. The minimum Gasteiger partial charge on any atom is -0.471 e. The lowest BCUT2D eigenvalue weighted by molar-refractivity contribution is 0.216. The van der Waals surface area contributed by atoms with Crippen molar-refractivity contribution in [1.82, 2.24) is 0 Å². The smallest absolute Gasteiger partial charge is 0.169 e. The number of anilines is 1. The van der Waals surface area contributed by atoms with Crippen molar-refractivity contribution in [3.8, 4) is 5.75 Å². The molecule has 22 heavy (non-hydrogen) atoms. The van der Waals surface area contributed by atoms with Crippen LogP contribution in [-0.4, -0.2) is 12.8 Å². The van der Waals surface area contributed by atoms with Crippen LogP contribution in [0.4, 0.5) is 5.69 Å². The Morgan fingerprint density at radius 1 is 1.00 bits per heavy atom. The normalized spacial score (nSPS) is 12.3. The summed E-state index contributed by atoms with van der Waals surface area (Å²) in [5, 5.41) is 0. The standard InChI is InChI=1S/C20H27NO/c1-6-21(19-10-8-7-9-11-19)17(5)22-20-13-16(4)12-18(14-20)15(2)3/h7-15,17H,6H2,1-5H3. The molecule has 1 atom stereocenters. The summed E-state index contributed by atoms with van der Waals surface area (Å²) in [6.07, 6.45) is -0.00536. The van der Waals surface area contributed by atoms with Gasteiger partial charge in [0.25, 0.3) is 0 Å². The third-order valence-corrected chi connectivity index (χ3v) is 3.91. The Morgan fingerprint density at radius 3 is 2.27 bits per heavy atom. The summed E-state index contributed by atoms with van der Waals surface area (Å²) >= 11 is 0.